The number of hydrogen-bond acceptors (Lipinski definition) is 13. The zero-order valence-electron chi connectivity index (χ0n) is 63.9. The van der Waals surface area contributed by atoms with Crippen LogP contribution in [0.3, 0.4) is 0 Å². The zero-order chi connectivity index (χ0) is 73.0. The lowest BCUT2D eigenvalue weighted by molar-refractivity contribution is -0.359. The van der Waals surface area contributed by atoms with E-state index in [2.05, 4.69) is 129 Å². The summed E-state index contributed by atoms with van der Waals surface area (Å²) < 4.78 is 22.9. The first-order valence-electron chi connectivity index (χ1n) is 41.3. The molecule has 101 heavy (non-hydrogen) atoms. The van der Waals surface area contributed by atoms with Gasteiger partial charge in [-0.25, -0.2) is 0 Å². The van der Waals surface area contributed by atoms with Crippen LogP contribution in [0.4, 0.5) is 0 Å². The Balaban J connectivity index is 1.62. The van der Waals surface area contributed by atoms with E-state index in [-0.39, 0.29) is 18.9 Å². The molecule has 0 saturated carbocycles. The molecule has 1 amide bonds. The first-order valence-corrected chi connectivity index (χ1v) is 41.3. The third kappa shape index (κ3) is 52.1. The fraction of sp³-hybridized carbons (Fsp3) is 0.759. The van der Waals surface area contributed by atoms with Crippen LogP contribution in [0.1, 0.15) is 328 Å². The number of aliphatic hydroxyl groups is 8. The van der Waals surface area contributed by atoms with Gasteiger partial charge in [0.15, 0.2) is 12.6 Å². The SMILES string of the molecule is CC/C=C\C/C=C\C/C=C\C/C=C\C/C=C\C/C=C\C/C=C\C/C=C\C/C=C\CCCCCCCCCCCCCC(=O)NC(COC1OC(CO)C(OC2OC(CO)C(O)C(O)C2O)C(O)C1O)C(O)/C=C/CCCCCCCCCCCCCCCCCCCCCCCCCCCC. The van der Waals surface area contributed by atoms with E-state index in [1.165, 1.54) is 199 Å². The highest BCUT2D eigenvalue weighted by molar-refractivity contribution is 5.76. The van der Waals surface area contributed by atoms with Gasteiger partial charge in [-0.1, -0.05) is 354 Å². The molecule has 0 aromatic carbocycles. The Kier molecular flexibility index (Phi) is 64.3. The first-order chi connectivity index (χ1) is 49.6. The Morgan fingerprint density at radius 1 is 0.366 bits per heavy atom. The van der Waals surface area contributed by atoms with Crippen molar-refractivity contribution in [3.63, 3.8) is 0 Å². The molecule has 14 heteroatoms. The van der Waals surface area contributed by atoms with Gasteiger partial charge < -0.3 is 65.1 Å². The van der Waals surface area contributed by atoms with Gasteiger partial charge in [0.25, 0.3) is 0 Å². The van der Waals surface area contributed by atoms with Gasteiger partial charge in [0.2, 0.25) is 5.91 Å². The van der Waals surface area contributed by atoms with E-state index in [1.807, 2.05) is 6.08 Å². The predicted octanol–water partition coefficient (Wildman–Crippen LogP) is 19.2. The zero-order valence-corrected chi connectivity index (χ0v) is 63.9. The number of carbonyl (C=O) groups excluding carboxylic acids is 1. The monoisotopic (exact) mass is 1420 g/mol. The molecule has 0 aromatic rings. The van der Waals surface area contributed by atoms with E-state index in [1.54, 1.807) is 6.08 Å². The summed E-state index contributed by atoms with van der Waals surface area (Å²) in [5.41, 5.74) is 0. The summed E-state index contributed by atoms with van der Waals surface area (Å²) in [6.45, 7) is 2.72. The third-order valence-corrected chi connectivity index (χ3v) is 19.4. The van der Waals surface area contributed by atoms with Gasteiger partial charge >= 0.3 is 0 Å². The average Bonchev–Trinajstić information content (AvgIpc) is 0.790. The van der Waals surface area contributed by atoms with Crippen molar-refractivity contribution >= 4 is 5.91 Å². The Bertz CT molecular complexity index is 2170. The van der Waals surface area contributed by atoms with Crippen LogP contribution in [0.2, 0.25) is 0 Å². The number of allylic oxidation sites excluding steroid dienone is 19. The lowest BCUT2D eigenvalue weighted by atomic mass is 9.97. The molecule has 0 bridgehead atoms. The van der Waals surface area contributed by atoms with Crippen LogP contribution in [-0.4, -0.2) is 140 Å². The van der Waals surface area contributed by atoms with Gasteiger partial charge in [-0.3, -0.25) is 4.79 Å². The van der Waals surface area contributed by atoms with Gasteiger partial charge in [0, 0.05) is 6.42 Å². The number of ether oxygens (including phenoxy) is 4. The van der Waals surface area contributed by atoms with Crippen LogP contribution in [0.5, 0.6) is 0 Å². The van der Waals surface area contributed by atoms with Gasteiger partial charge in [0.05, 0.1) is 32.0 Å². The van der Waals surface area contributed by atoms with E-state index in [4.69, 9.17) is 18.9 Å². The van der Waals surface area contributed by atoms with Crippen LogP contribution in [0.25, 0.3) is 0 Å². The number of nitrogens with one attached hydrogen (secondary N) is 1. The van der Waals surface area contributed by atoms with Gasteiger partial charge in [-0.2, -0.15) is 0 Å². The molecular weight excluding hydrogens is 1270 g/mol. The predicted molar refractivity (Wildman–Crippen MR) is 419 cm³/mol. The first kappa shape index (κ1) is 93.5. The Morgan fingerprint density at radius 3 is 1.05 bits per heavy atom. The van der Waals surface area contributed by atoms with Gasteiger partial charge in [-0.15, -0.1) is 0 Å². The minimum Gasteiger partial charge on any atom is -0.394 e. The maximum absolute atomic E-state index is 13.4. The van der Waals surface area contributed by atoms with Crippen molar-refractivity contribution in [2.24, 2.45) is 0 Å². The molecule has 2 aliphatic rings. The quantitative estimate of drug-likeness (QED) is 0.0204. The summed E-state index contributed by atoms with van der Waals surface area (Å²) in [6, 6.07) is -0.926. The average molecular weight is 1420 g/mol. The summed E-state index contributed by atoms with van der Waals surface area (Å²) >= 11 is 0. The molecule has 14 nitrogen and oxygen atoms in total. The Hall–Kier alpha value is -3.61. The van der Waals surface area contributed by atoms with Crippen LogP contribution < -0.4 is 5.32 Å². The molecule has 2 saturated heterocycles. The molecule has 2 rings (SSSR count). The fourth-order valence-electron chi connectivity index (χ4n) is 12.9. The molecular formula is C87H151NO13. The summed E-state index contributed by atoms with van der Waals surface area (Å²) in [4.78, 5) is 13.4. The van der Waals surface area contributed by atoms with E-state index < -0.39 is 86.8 Å². The molecule has 9 N–H and O–H groups in total. The summed E-state index contributed by atoms with van der Waals surface area (Å²) in [5.74, 6) is -0.243. The smallest absolute Gasteiger partial charge is 0.220 e. The normalized spacial score (nSPS) is 22.4. The van der Waals surface area contributed by atoms with Crippen molar-refractivity contribution in [1.82, 2.24) is 5.32 Å². The van der Waals surface area contributed by atoms with Crippen LogP contribution in [0, 0.1) is 0 Å². The maximum Gasteiger partial charge on any atom is 0.220 e. The van der Waals surface area contributed by atoms with E-state index >= 15 is 0 Å². The second-order valence-electron chi connectivity index (χ2n) is 28.5. The maximum atomic E-state index is 13.4. The van der Waals surface area contributed by atoms with Crippen molar-refractivity contribution in [2.75, 3.05) is 19.8 Å². The lowest BCUT2D eigenvalue weighted by Gasteiger charge is -2.46. The van der Waals surface area contributed by atoms with Gasteiger partial charge in [0.1, 0.15) is 48.8 Å². The van der Waals surface area contributed by atoms with Crippen molar-refractivity contribution in [1.29, 1.82) is 0 Å². The van der Waals surface area contributed by atoms with E-state index in [0.29, 0.717) is 6.42 Å². The lowest BCUT2D eigenvalue weighted by Crippen LogP contribution is -2.65. The standard InChI is InChI=1S/C87H151NO13/c1-3-5-7-9-11-13-15-17-19-21-23-25-27-29-31-33-34-35-36-37-38-39-40-41-42-43-45-47-49-51-53-55-57-59-61-63-65-67-69-71-79(92)88-75(74-98-86-84(97)82(95)85(78(73-90)100-86)101-87-83(96)81(94)80(93)77(72-89)99-87)76(91)70-68-66-64-62-60-58-56-54-52-50-48-46-44-32-30-28-26-24-22-20-18-16-14-12-10-8-6-4-2/h5,7,11,13,17,19,23,25,29,31,34-35,37-38,40-41,43,45,68,70,75-78,80-87,89-91,93-97H,3-4,6,8-10,12,14-16,18,20-22,24,26-28,30,32-33,36,39,42,44,46-67,69,71-74H2,1-2H3,(H,88,92)/b7-5-,13-11-,19-17-,25-23-,31-29-,35-34-,38-37-,41-40-,45-43-,70-68+. The molecule has 0 radical (unpaired) electrons. The van der Waals surface area contributed by atoms with Crippen molar-refractivity contribution < 1.29 is 64.6 Å². The van der Waals surface area contributed by atoms with Crippen molar-refractivity contribution in [3.8, 4) is 0 Å². The minimum absolute atomic E-state index is 0.243. The second kappa shape index (κ2) is 69.4. The summed E-state index contributed by atoms with van der Waals surface area (Å²) in [6.07, 6.45) is 85.5. The molecule has 2 fully saturated rings. The van der Waals surface area contributed by atoms with Gasteiger partial charge in [-0.05, 0) is 89.9 Å². The van der Waals surface area contributed by atoms with Crippen LogP contribution >= 0.6 is 0 Å². The molecule has 582 valence electrons. The molecule has 12 unspecified atom stereocenters. The van der Waals surface area contributed by atoms with E-state index in [9.17, 15) is 45.6 Å². The number of aliphatic hydroxyl groups excluding tert-OH is 8. The number of carbonyl (C=O) groups is 1. The highest BCUT2D eigenvalue weighted by atomic mass is 16.7. The number of unbranched alkanes of at least 4 members (excludes halogenated alkanes) is 37. The Labute approximate surface area is 616 Å². The molecule has 0 spiro atoms. The summed E-state index contributed by atoms with van der Waals surface area (Å²) in [7, 11) is 0. The largest absolute Gasteiger partial charge is 0.394 e. The topological polar surface area (TPSA) is 228 Å². The molecule has 0 aromatic heterocycles. The molecule has 2 aliphatic heterocycles. The van der Waals surface area contributed by atoms with Crippen LogP contribution in [0.15, 0.2) is 122 Å². The van der Waals surface area contributed by atoms with Crippen molar-refractivity contribution in [2.45, 2.75) is 402 Å². The second-order valence-corrected chi connectivity index (χ2v) is 28.5. The number of rotatable bonds is 68. The highest BCUT2D eigenvalue weighted by Crippen LogP contribution is 2.30. The summed E-state index contributed by atoms with van der Waals surface area (Å²) in [5, 5.41) is 87.7. The number of amides is 1. The van der Waals surface area contributed by atoms with Crippen LogP contribution in [-0.2, 0) is 23.7 Å². The van der Waals surface area contributed by atoms with E-state index in [0.717, 1.165) is 103 Å². The number of hydrogen-bond donors (Lipinski definition) is 9. The molecule has 12 atom stereocenters. The minimum atomic E-state index is -1.79. The third-order valence-electron chi connectivity index (χ3n) is 19.4. The highest BCUT2D eigenvalue weighted by Gasteiger charge is 2.51. The van der Waals surface area contributed by atoms with Crippen molar-refractivity contribution in [3.05, 3.63) is 122 Å². The fourth-order valence-corrected chi connectivity index (χ4v) is 12.9. The molecule has 2 heterocycles. The molecule has 0 aliphatic carbocycles. The Morgan fingerprint density at radius 2 is 0.683 bits per heavy atom.